The molecule has 1 fully saturated rings. The molecular formula is C29H32F4N4O3S. The minimum absolute atomic E-state index is 0.0464. The van der Waals surface area contributed by atoms with E-state index in [0.717, 1.165) is 23.4 Å². The summed E-state index contributed by atoms with van der Waals surface area (Å²) in [4.78, 5) is 30.3. The summed E-state index contributed by atoms with van der Waals surface area (Å²) >= 11 is 0.977. The van der Waals surface area contributed by atoms with Gasteiger partial charge in [0.05, 0.1) is 35.8 Å². The lowest BCUT2D eigenvalue weighted by molar-refractivity contribution is -0.144. The molecule has 0 bridgehead atoms. The molecule has 220 valence electrons. The number of nitrogens with zero attached hydrogens (tertiary/aromatic N) is 4. The van der Waals surface area contributed by atoms with Gasteiger partial charge in [0.25, 0.3) is 0 Å². The van der Waals surface area contributed by atoms with Crippen molar-refractivity contribution in [3.63, 3.8) is 0 Å². The second-order valence-electron chi connectivity index (χ2n) is 9.37. The Hall–Kier alpha value is -3.67. The van der Waals surface area contributed by atoms with Crippen LogP contribution in [0.25, 0.3) is 0 Å². The van der Waals surface area contributed by atoms with Gasteiger partial charge in [-0.2, -0.15) is 18.3 Å². The van der Waals surface area contributed by atoms with Crippen molar-refractivity contribution in [2.24, 2.45) is 16.0 Å². The Labute approximate surface area is 241 Å². The van der Waals surface area contributed by atoms with E-state index in [1.807, 2.05) is 17.1 Å². The van der Waals surface area contributed by atoms with E-state index < -0.39 is 17.9 Å². The molecule has 12 heteroatoms. The van der Waals surface area contributed by atoms with Gasteiger partial charge in [-0.05, 0) is 48.3 Å². The van der Waals surface area contributed by atoms with Gasteiger partial charge in [0.2, 0.25) is 0 Å². The molecule has 2 atom stereocenters. The van der Waals surface area contributed by atoms with Gasteiger partial charge in [0.15, 0.2) is 5.62 Å². The number of hydrogen-bond acceptors (Lipinski definition) is 7. The number of benzene rings is 1. The van der Waals surface area contributed by atoms with E-state index in [-0.39, 0.29) is 29.6 Å². The SMILES string of the molecule is C=CN(Cc1ccc(C(C)F)cc1C(F)(F)F)/N=C1/C=CC(/C=C(\SC=O)C(=NC)N2CCC(C(=O)OC)C2)=CC1. The zero-order chi connectivity index (χ0) is 30.2. The second-order valence-corrected chi connectivity index (χ2v) is 10.2. The first-order chi connectivity index (χ1) is 19.5. The number of allylic oxidation sites excluding steroid dienone is 5. The molecule has 0 radical (unpaired) electrons. The van der Waals surface area contributed by atoms with Gasteiger partial charge in [0, 0.05) is 32.8 Å². The molecule has 2 unspecified atom stereocenters. The molecule has 1 aliphatic heterocycles. The van der Waals surface area contributed by atoms with Crippen LogP contribution < -0.4 is 0 Å². The maximum atomic E-state index is 13.7. The van der Waals surface area contributed by atoms with Crippen LogP contribution in [0.15, 0.2) is 75.9 Å². The molecule has 0 amide bonds. The number of halogens is 4. The Morgan fingerprint density at radius 2 is 2.10 bits per heavy atom. The van der Waals surface area contributed by atoms with Gasteiger partial charge in [-0.25, -0.2) is 4.39 Å². The molecule has 1 aliphatic carbocycles. The standard InChI is InChI=1S/C29H32F4N4O3S/c1-5-37(17-22-9-8-21(19(2)30)15-25(22)29(31,32)33)35-24-10-6-20(7-11-24)14-26(41-18-38)27(34-3)36-13-12-23(16-36)28(39)40-4/h5-10,14-15,18-19,23H,1,11-13,16-17H2,2-4H3/b26-14-,34-27?,35-24-. The number of amidine groups is 1. The third kappa shape index (κ3) is 8.42. The molecule has 1 heterocycles. The maximum Gasteiger partial charge on any atom is 0.416 e. The summed E-state index contributed by atoms with van der Waals surface area (Å²) in [5.41, 5.74) is 1.07. The fraction of sp³-hybridized carbons (Fsp3) is 0.379. The number of hydrogen-bond donors (Lipinski definition) is 0. The van der Waals surface area contributed by atoms with Crippen molar-refractivity contribution in [3.8, 4) is 0 Å². The number of ether oxygens (including phenoxy) is 1. The predicted octanol–water partition coefficient (Wildman–Crippen LogP) is 6.25. The van der Waals surface area contributed by atoms with Gasteiger partial charge in [-0.1, -0.05) is 42.6 Å². The number of rotatable bonds is 10. The van der Waals surface area contributed by atoms with E-state index in [4.69, 9.17) is 4.74 Å². The highest BCUT2D eigenvalue weighted by Crippen LogP contribution is 2.35. The summed E-state index contributed by atoms with van der Waals surface area (Å²) < 4.78 is 59.5. The van der Waals surface area contributed by atoms with Crippen molar-refractivity contribution in [3.05, 3.63) is 82.5 Å². The second kappa shape index (κ2) is 14.3. The highest BCUT2D eigenvalue weighted by Gasteiger charge is 2.34. The number of aliphatic imine (C=N–C) groups is 1. The summed E-state index contributed by atoms with van der Waals surface area (Å²) in [6, 6.07) is 3.43. The van der Waals surface area contributed by atoms with Crippen LogP contribution in [0.5, 0.6) is 0 Å². The normalized spacial score (nSPS) is 19.7. The minimum Gasteiger partial charge on any atom is -0.469 e. The Kier molecular flexibility index (Phi) is 11.1. The summed E-state index contributed by atoms with van der Waals surface area (Å²) in [7, 11) is 2.97. The number of thioether (sulfide) groups is 1. The van der Waals surface area contributed by atoms with Crippen LogP contribution in [0.2, 0.25) is 0 Å². The fourth-order valence-corrected chi connectivity index (χ4v) is 5.16. The monoisotopic (exact) mass is 592 g/mol. The third-order valence-corrected chi connectivity index (χ3v) is 7.29. The smallest absolute Gasteiger partial charge is 0.416 e. The first kappa shape index (κ1) is 31.9. The van der Waals surface area contributed by atoms with Crippen LogP contribution in [0.1, 0.15) is 42.6 Å². The summed E-state index contributed by atoms with van der Waals surface area (Å²) in [6.07, 6.45) is 3.35. The fourth-order valence-electron chi connectivity index (χ4n) is 4.53. The number of carbonyl (C=O) groups is 2. The van der Waals surface area contributed by atoms with Crippen LogP contribution in [-0.2, 0) is 27.0 Å². The lowest BCUT2D eigenvalue weighted by Crippen LogP contribution is -2.31. The lowest BCUT2D eigenvalue weighted by Gasteiger charge is -2.22. The van der Waals surface area contributed by atoms with Crippen molar-refractivity contribution >= 4 is 34.9 Å². The largest absolute Gasteiger partial charge is 0.469 e. The van der Waals surface area contributed by atoms with E-state index in [1.54, 1.807) is 19.2 Å². The number of hydrazone groups is 1. The molecule has 1 aromatic rings. The van der Waals surface area contributed by atoms with Crippen molar-refractivity contribution in [2.45, 2.75) is 38.7 Å². The number of carbonyl (C=O) groups excluding carboxylic acids is 2. The zero-order valence-corrected chi connectivity index (χ0v) is 23.8. The number of methoxy groups -OCH3 is 1. The Morgan fingerprint density at radius 1 is 1.34 bits per heavy atom. The molecule has 2 aliphatic rings. The maximum absolute atomic E-state index is 13.7. The van der Waals surface area contributed by atoms with Gasteiger partial charge in [-0.15, -0.1) is 0 Å². The molecule has 1 aromatic carbocycles. The Bertz CT molecular complexity index is 1300. The molecule has 0 spiro atoms. The number of esters is 1. The molecule has 7 nitrogen and oxygen atoms in total. The van der Waals surface area contributed by atoms with Gasteiger partial charge in [-0.3, -0.25) is 19.6 Å². The van der Waals surface area contributed by atoms with E-state index >= 15 is 0 Å². The van der Waals surface area contributed by atoms with E-state index in [0.29, 0.717) is 48.0 Å². The molecule has 1 saturated heterocycles. The molecule has 0 aromatic heterocycles. The number of likely N-dealkylation sites (tertiary alicyclic amines) is 1. The van der Waals surface area contributed by atoms with Crippen molar-refractivity contribution in [2.75, 3.05) is 27.2 Å². The Balaban J connectivity index is 1.76. The molecule has 41 heavy (non-hydrogen) atoms. The van der Waals surface area contributed by atoms with Gasteiger partial charge >= 0.3 is 12.1 Å². The zero-order valence-electron chi connectivity index (χ0n) is 23.0. The van der Waals surface area contributed by atoms with E-state index in [9.17, 15) is 27.2 Å². The van der Waals surface area contributed by atoms with Crippen molar-refractivity contribution < 1.29 is 31.9 Å². The third-order valence-electron chi connectivity index (χ3n) is 6.64. The van der Waals surface area contributed by atoms with Crippen LogP contribution in [0, 0.1) is 5.92 Å². The van der Waals surface area contributed by atoms with Crippen LogP contribution >= 0.6 is 11.8 Å². The van der Waals surface area contributed by atoms with Gasteiger partial charge in [0.1, 0.15) is 12.0 Å². The summed E-state index contributed by atoms with van der Waals surface area (Å²) in [5.74, 6) is 0.0431. The van der Waals surface area contributed by atoms with Gasteiger partial charge < -0.3 is 9.64 Å². The van der Waals surface area contributed by atoms with Crippen LogP contribution in [-0.4, -0.2) is 60.3 Å². The van der Waals surface area contributed by atoms with Crippen molar-refractivity contribution in [1.82, 2.24) is 9.91 Å². The average Bonchev–Trinajstić information content (AvgIpc) is 3.43. The minimum atomic E-state index is -4.65. The highest BCUT2D eigenvalue weighted by atomic mass is 32.2. The number of alkyl halides is 4. The predicted molar refractivity (Wildman–Crippen MR) is 153 cm³/mol. The molecule has 0 saturated carbocycles. The lowest BCUT2D eigenvalue weighted by atomic mass is 10.0. The quantitative estimate of drug-likeness (QED) is 0.0798. The van der Waals surface area contributed by atoms with Crippen LogP contribution in [0.3, 0.4) is 0 Å². The van der Waals surface area contributed by atoms with E-state index in [2.05, 4.69) is 16.7 Å². The molecular weight excluding hydrogens is 560 g/mol. The average molecular weight is 593 g/mol. The highest BCUT2D eigenvalue weighted by molar-refractivity contribution is 8.16. The van der Waals surface area contributed by atoms with Crippen molar-refractivity contribution in [1.29, 1.82) is 0 Å². The molecule has 0 N–H and O–H groups in total. The van der Waals surface area contributed by atoms with E-state index in [1.165, 1.54) is 37.4 Å². The topological polar surface area (TPSA) is 74.6 Å². The molecule has 3 rings (SSSR count). The van der Waals surface area contributed by atoms with Crippen LogP contribution in [0.4, 0.5) is 17.6 Å². The summed E-state index contributed by atoms with van der Waals surface area (Å²) in [5, 5.41) is 5.73. The Morgan fingerprint density at radius 3 is 2.66 bits per heavy atom. The first-order valence-corrected chi connectivity index (χ1v) is 13.7. The first-order valence-electron chi connectivity index (χ1n) is 12.8. The summed E-state index contributed by atoms with van der Waals surface area (Å²) in [6.45, 7) is 5.68.